The minimum atomic E-state index is 0.0119. The topological polar surface area (TPSA) is 55.3 Å². The highest BCUT2D eigenvalue weighted by atomic mass is 16.5. The number of carbonyl (C=O) groups excluding carboxylic acids is 1. The van der Waals surface area contributed by atoms with Gasteiger partial charge < -0.3 is 9.64 Å². The molecule has 0 spiro atoms. The molecule has 1 saturated carbocycles. The predicted molar refractivity (Wildman–Crippen MR) is 108 cm³/mol. The first-order chi connectivity index (χ1) is 13.7. The van der Waals surface area contributed by atoms with Crippen LogP contribution in [0.25, 0.3) is 11.1 Å². The summed E-state index contributed by atoms with van der Waals surface area (Å²) < 4.78 is 5.24. The Kier molecular flexibility index (Phi) is 5.06. The van der Waals surface area contributed by atoms with Crippen molar-refractivity contribution in [2.75, 3.05) is 14.2 Å². The van der Waals surface area contributed by atoms with Gasteiger partial charge in [-0.2, -0.15) is 0 Å². The lowest BCUT2D eigenvalue weighted by molar-refractivity contribution is 0.0707. The summed E-state index contributed by atoms with van der Waals surface area (Å²) in [5, 5.41) is 0. The van der Waals surface area contributed by atoms with Crippen molar-refractivity contribution in [3.8, 4) is 16.9 Å². The number of benzene rings is 1. The molecule has 0 radical (unpaired) electrons. The number of methoxy groups -OCH3 is 1. The lowest BCUT2D eigenvalue weighted by Gasteiger charge is -2.28. The fraction of sp³-hybridized carbons (Fsp3) is 0.261. The van der Waals surface area contributed by atoms with Gasteiger partial charge >= 0.3 is 0 Å². The molecular weight excluding hydrogens is 350 g/mol. The number of rotatable bonds is 6. The van der Waals surface area contributed by atoms with Gasteiger partial charge in [0.1, 0.15) is 5.75 Å². The van der Waals surface area contributed by atoms with Gasteiger partial charge in [-0.25, -0.2) is 0 Å². The van der Waals surface area contributed by atoms with Crippen LogP contribution in [0.3, 0.4) is 0 Å². The van der Waals surface area contributed by atoms with Gasteiger partial charge in [0.05, 0.1) is 25.0 Å². The molecular formula is C23H23N3O2. The van der Waals surface area contributed by atoms with E-state index in [2.05, 4.69) is 9.97 Å². The highest BCUT2D eigenvalue weighted by molar-refractivity contribution is 5.94. The van der Waals surface area contributed by atoms with E-state index in [1.807, 2.05) is 60.5 Å². The lowest BCUT2D eigenvalue weighted by atomic mass is 10.0. The zero-order valence-electron chi connectivity index (χ0n) is 16.1. The average Bonchev–Trinajstić information content (AvgIpc) is 3.59. The third-order valence-corrected chi connectivity index (χ3v) is 5.21. The summed E-state index contributed by atoms with van der Waals surface area (Å²) in [4.78, 5) is 23.6. The van der Waals surface area contributed by atoms with E-state index in [4.69, 9.17) is 4.74 Å². The number of nitrogens with zero attached hydrogens (tertiary/aromatic N) is 3. The molecule has 3 aromatic rings. The van der Waals surface area contributed by atoms with Gasteiger partial charge in [0.25, 0.3) is 5.91 Å². The maximum Gasteiger partial charge on any atom is 0.254 e. The highest BCUT2D eigenvalue weighted by Crippen LogP contribution is 2.43. The van der Waals surface area contributed by atoms with E-state index < -0.39 is 0 Å². The molecule has 4 rings (SSSR count). The average molecular weight is 373 g/mol. The summed E-state index contributed by atoms with van der Waals surface area (Å²) in [5.41, 5.74) is 3.58. The van der Waals surface area contributed by atoms with E-state index in [1.54, 1.807) is 25.7 Å². The van der Waals surface area contributed by atoms with Gasteiger partial charge in [0, 0.05) is 30.6 Å². The quantitative estimate of drug-likeness (QED) is 0.644. The number of carbonyl (C=O) groups is 1. The number of ether oxygens (including phenoxy) is 1. The molecule has 1 atom stereocenters. The molecule has 5 nitrogen and oxygen atoms in total. The Morgan fingerprint density at radius 1 is 1.11 bits per heavy atom. The van der Waals surface area contributed by atoms with E-state index in [9.17, 15) is 4.79 Å². The van der Waals surface area contributed by atoms with Crippen LogP contribution < -0.4 is 4.74 Å². The van der Waals surface area contributed by atoms with Crippen molar-refractivity contribution in [2.45, 2.75) is 18.9 Å². The van der Waals surface area contributed by atoms with Crippen molar-refractivity contribution >= 4 is 5.91 Å². The zero-order chi connectivity index (χ0) is 19.5. The second-order valence-electron chi connectivity index (χ2n) is 7.14. The Balaban J connectivity index is 1.55. The molecule has 0 bridgehead atoms. The molecule has 0 aliphatic heterocycles. The monoisotopic (exact) mass is 373 g/mol. The van der Waals surface area contributed by atoms with Crippen LogP contribution >= 0.6 is 0 Å². The van der Waals surface area contributed by atoms with Gasteiger partial charge in [-0.3, -0.25) is 14.8 Å². The Morgan fingerprint density at radius 3 is 2.54 bits per heavy atom. The number of hydrogen-bond donors (Lipinski definition) is 0. The Bertz CT molecular complexity index is 953. The first kappa shape index (κ1) is 18.2. The maximum atomic E-state index is 13.1. The molecule has 142 valence electrons. The molecule has 2 heterocycles. The summed E-state index contributed by atoms with van der Waals surface area (Å²) in [6.07, 6.45) is 7.53. The number of amides is 1. The van der Waals surface area contributed by atoms with E-state index in [-0.39, 0.29) is 11.9 Å². The van der Waals surface area contributed by atoms with Crippen LogP contribution in [0.5, 0.6) is 5.75 Å². The van der Waals surface area contributed by atoms with E-state index >= 15 is 0 Å². The van der Waals surface area contributed by atoms with Crippen LogP contribution in [0.1, 0.15) is 34.9 Å². The lowest BCUT2D eigenvalue weighted by Crippen LogP contribution is -2.33. The van der Waals surface area contributed by atoms with E-state index in [0.717, 1.165) is 29.7 Å². The largest absolute Gasteiger partial charge is 0.495 e. The molecule has 1 amide bonds. The fourth-order valence-electron chi connectivity index (χ4n) is 3.54. The third-order valence-electron chi connectivity index (χ3n) is 5.21. The van der Waals surface area contributed by atoms with Gasteiger partial charge in [0.15, 0.2) is 0 Å². The number of hydrogen-bond acceptors (Lipinski definition) is 4. The van der Waals surface area contributed by atoms with Crippen molar-refractivity contribution in [2.24, 2.45) is 5.92 Å². The fourth-order valence-corrected chi connectivity index (χ4v) is 3.54. The van der Waals surface area contributed by atoms with Gasteiger partial charge in [-0.05, 0) is 54.7 Å². The number of pyridine rings is 2. The molecule has 5 heteroatoms. The van der Waals surface area contributed by atoms with Crippen LogP contribution in [0.15, 0.2) is 67.1 Å². The Morgan fingerprint density at radius 2 is 1.89 bits per heavy atom. The molecule has 1 unspecified atom stereocenters. The second kappa shape index (κ2) is 7.80. The van der Waals surface area contributed by atoms with Gasteiger partial charge in [-0.15, -0.1) is 0 Å². The molecule has 1 aliphatic carbocycles. The van der Waals surface area contributed by atoms with Crippen molar-refractivity contribution in [1.82, 2.24) is 14.9 Å². The number of aromatic nitrogens is 2. The standard InChI is InChI=1S/C23H23N3O2/c1-26(22(17-8-9-17)21-5-3-4-12-25-21)23(27)18-10-6-16(7-11-18)19-13-20(28-2)15-24-14-19/h3-7,10-15,17,22H,8-9H2,1-2H3. The maximum absolute atomic E-state index is 13.1. The summed E-state index contributed by atoms with van der Waals surface area (Å²) in [6.45, 7) is 0. The second-order valence-corrected chi connectivity index (χ2v) is 7.14. The first-order valence-corrected chi connectivity index (χ1v) is 9.45. The Labute approximate surface area is 165 Å². The van der Waals surface area contributed by atoms with Crippen LogP contribution in [0.2, 0.25) is 0 Å². The van der Waals surface area contributed by atoms with Crippen LogP contribution in [-0.2, 0) is 0 Å². The summed E-state index contributed by atoms with van der Waals surface area (Å²) in [6, 6.07) is 15.5. The van der Waals surface area contributed by atoms with Gasteiger partial charge in [0.2, 0.25) is 0 Å². The SMILES string of the molecule is COc1cncc(-c2ccc(C(=O)N(C)C(c3ccccn3)C3CC3)cc2)c1. The highest BCUT2D eigenvalue weighted by Gasteiger charge is 2.37. The smallest absolute Gasteiger partial charge is 0.254 e. The molecule has 28 heavy (non-hydrogen) atoms. The van der Waals surface area contributed by atoms with Crippen LogP contribution in [0.4, 0.5) is 0 Å². The van der Waals surface area contributed by atoms with Gasteiger partial charge in [-0.1, -0.05) is 18.2 Å². The van der Waals surface area contributed by atoms with Crippen LogP contribution in [0, 0.1) is 5.92 Å². The van der Waals surface area contributed by atoms with E-state index in [0.29, 0.717) is 17.2 Å². The molecule has 1 fully saturated rings. The molecule has 2 aromatic heterocycles. The summed E-state index contributed by atoms with van der Waals surface area (Å²) >= 11 is 0. The normalized spacial score (nSPS) is 14.4. The zero-order valence-corrected chi connectivity index (χ0v) is 16.1. The Hall–Kier alpha value is -3.21. The third kappa shape index (κ3) is 3.74. The predicted octanol–water partition coefficient (Wildman–Crippen LogP) is 4.38. The minimum absolute atomic E-state index is 0.0119. The minimum Gasteiger partial charge on any atom is -0.495 e. The van der Waals surface area contributed by atoms with Crippen molar-refractivity contribution in [1.29, 1.82) is 0 Å². The molecule has 0 N–H and O–H groups in total. The van der Waals surface area contributed by atoms with Crippen molar-refractivity contribution in [3.63, 3.8) is 0 Å². The first-order valence-electron chi connectivity index (χ1n) is 9.45. The van der Waals surface area contributed by atoms with E-state index in [1.165, 1.54) is 0 Å². The summed E-state index contributed by atoms with van der Waals surface area (Å²) in [7, 11) is 3.50. The van der Waals surface area contributed by atoms with Crippen molar-refractivity contribution < 1.29 is 9.53 Å². The molecule has 1 aliphatic rings. The van der Waals surface area contributed by atoms with Crippen molar-refractivity contribution in [3.05, 3.63) is 78.4 Å². The summed E-state index contributed by atoms with van der Waals surface area (Å²) in [5.74, 6) is 1.21. The molecule has 0 saturated heterocycles. The molecule has 1 aromatic carbocycles. The van der Waals surface area contributed by atoms with Crippen LogP contribution in [-0.4, -0.2) is 34.9 Å².